The molecule has 0 amide bonds. The zero-order valence-corrected chi connectivity index (χ0v) is 14.5. The van der Waals surface area contributed by atoms with Gasteiger partial charge in [0.15, 0.2) is 0 Å². The standard InChI is InChI=1S/C11H5BrF11NO2S/c12-4-1-3(2-5(6(4)24)27(25,26)7(13)14)8(15,10(18,19)20)9(16,17)11(21,22)23/h1-2,7H,24H2. The minimum Gasteiger partial charge on any atom is -0.397 e. The molecule has 0 aromatic heterocycles. The van der Waals surface area contributed by atoms with Crippen molar-refractivity contribution in [3.8, 4) is 0 Å². The van der Waals surface area contributed by atoms with Gasteiger partial charge >= 0.3 is 29.7 Å². The van der Waals surface area contributed by atoms with Gasteiger partial charge in [-0.3, -0.25) is 0 Å². The van der Waals surface area contributed by atoms with Crippen LogP contribution in [-0.2, 0) is 15.5 Å². The maximum atomic E-state index is 14.3. The lowest BCUT2D eigenvalue weighted by Crippen LogP contribution is -2.59. The summed E-state index contributed by atoms with van der Waals surface area (Å²) < 4.78 is 164. The molecule has 1 aromatic rings. The van der Waals surface area contributed by atoms with Crippen LogP contribution in [0.4, 0.5) is 54.0 Å². The summed E-state index contributed by atoms with van der Waals surface area (Å²) in [5, 5.41) is 0. The molecule has 0 radical (unpaired) electrons. The molecule has 0 bridgehead atoms. The third kappa shape index (κ3) is 3.56. The summed E-state index contributed by atoms with van der Waals surface area (Å²) in [6.07, 6.45) is -14.0. The molecule has 1 aromatic carbocycles. The molecule has 1 unspecified atom stereocenters. The van der Waals surface area contributed by atoms with Gasteiger partial charge in [0.25, 0.3) is 0 Å². The molecule has 156 valence electrons. The first-order chi connectivity index (χ1) is 11.7. The minimum absolute atomic E-state index is 0.313. The van der Waals surface area contributed by atoms with Gasteiger partial charge in [0.05, 0.1) is 10.6 Å². The van der Waals surface area contributed by atoms with E-state index >= 15 is 0 Å². The lowest BCUT2D eigenvalue weighted by molar-refractivity contribution is -0.389. The molecule has 0 aliphatic carbocycles. The SMILES string of the molecule is Nc1c(Br)cc(C(F)(C(F)(F)F)C(F)(F)C(F)(F)F)cc1S(=O)(=O)C(F)F. The van der Waals surface area contributed by atoms with E-state index in [4.69, 9.17) is 5.73 Å². The highest BCUT2D eigenvalue weighted by Crippen LogP contribution is 2.59. The Hall–Kier alpha value is -1.32. The third-order valence-corrected chi connectivity index (χ3v) is 5.29. The lowest BCUT2D eigenvalue weighted by Gasteiger charge is -2.36. The molecular weight excluding hydrogens is 499 g/mol. The van der Waals surface area contributed by atoms with Gasteiger partial charge in [-0.1, -0.05) is 0 Å². The van der Waals surface area contributed by atoms with Crippen LogP contribution in [0.25, 0.3) is 0 Å². The van der Waals surface area contributed by atoms with Crippen LogP contribution in [0.1, 0.15) is 5.56 Å². The Bertz CT molecular complexity index is 834. The number of hydrogen-bond donors (Lipinski definition) is 1. The first-order valence-corrected chi connectivity index (χ1v) is 8.38. The van der Waals surface area contributed by atoms with Crippen LogP contribution >= 0.6 is 15.9 Å². The van der Waals surface area contributed by atoms with Crippen molar-refractivity contribution in [1.29, 1.82) is 0 Å². The van der Waals surface area contributed by atoms with Gasteiger partial charge < -0.3 is 5.73 Å². The average molecular weight is 504 g/mol. The van der Waals surface area contributed by atoms with E-state index in [1.807, 2.05) is 0 Å². The van der Waals surface area contributed by atoms with Crippen molar-refractivity contribution in [2.45, 2.75) is 34.6 Å². The van der Waals surface area contributed by atoms with Crippen LogP contribution in [0, 0.1) is 0 Å². The van der Waals surface area contributed by atoms with E-state index < -0.39 is 66.2 Å². The molecule has 0 aliphatic rings. The van der Waals surface area contributed by atoms with Crippen molar-refractivity contribution in [1.82, 2.24) is 0 Å². The van der Waals surface area contributed by atoms with Gasteiger partial charge in [-0.2, -0.15) is 43.9 Å². The van der Waals surface area contributed by atoms with E-state index in [9.17, 15) is 56.7 Å². The summed E-state index contributed by atoms with van der Waals surface area (Å²) in [6, 6.07) is -1.05. The maximum Gasteiger partial charge on any atom is 0.457 e. The highest BCUT2D eigenvalue weighted by molar-refractivity contribution is 9.10. The Morgan fingerprint density at radius 2 is 1.33 bits per heavy atom. The summed E-state index contributed by atoms with van der Waals surface area (Å²) in [6.45, 7) is 0. The number of alkyl halides is 11. The zero-order chi connectivity index (χ0) is 21.8. The average Bonchev–Trinajstić information content (AvgIpc) is 2.45. The summed E-state index contributed by atoms with van der Waals surface area (Å²) in [7, 11) is -5.89. The van der Waals surface area contributed by atoms with E-state index in [-0.39, 0.29) is 6.07 Å². The quantitative estimate of drug-likeness (QED) is 0.467. The molecule has 1 rings (SSSR count). The number of halogens is 12. The number of sulfone groups is 1. The molecule has 16 heteroatoms. The van der Waals surface area contributed by atoms with Gasteiger partial charge in [-0.15, -0.1) is 0 Å². The third-order valence-electron chi connectivity index (χ3n) is 3.21. The van der Waals surface area contributed by atoms with Gasteiger partial charge in [0, 0.05) is 10.0 Å². The number of rotatable bonds is 4. The second-order valence-corrected chi connectivity index (χ2v) is 7.64. The Morgan fingerprint density at radius 1 is 0.889 bits per heavy atom. The highest BCUT2D eigenvalue weighted by atomic mass is 79.9. The van der Waals surface area contributed by atoms with Crippen LogP contribution in [0.3, 0.4) is 0 Å². The largest absolute Gasteiger partial charge is 0.457 e. The maximum absolute atomic E-state index is 14.3. The molecule has 2 N–H and O–H groups in total. The fraction of sp³-hybridized carbons (Fsp3) is 0.455. The fourth-order valence-corrected chi connectivity index (χ4v) is 3.33. The molecule has 0 aliphatic heterocycles. The van der Waals surface area contributed by atoms with Crippen molar-refractivity contribution in [2.75, 3.05) is 5.73 Å². The number of anilines is 1. The van der Waals surface area contributed by atoms with E-state index in [0.29, 0.717) is 0 Å². The van der Waals surface area contributed by atoms with Crippen LogP contribution in [0.15, 0.2) is 21.5 Å². The molecule has 0 saturated carbocycles. The zero-order valence-electron chi connectivity index (χ0n) is 12.1. The molecule has 0 spiro atoms. The number of nitrogen functional groups attached to an aromatic ring is 1. The summed E-state index contributed by atoms with van der Waals surface area (Å²) in [5.74, 6) is -11.5. The van der Waals surface area contributed by atoms with Crippen LogP contribution in [0.2, 0.25) is 0 Å². The predicted molar refractivity (Wildman–Crippen MR) is 71.6 cm³/mol. The van der Waals surface area contributed by atoms with Crippen LogP contribution < -0.4 is 5.73 Å². The van der Waals surface area contributed by atoms with Crippen molar-refractivity contribution < 1.29 is 56.7 Å². The number of nitrogens with two attached hydrogens (primary N) is 1. The summed E-state index contributed by atoms with van der Waals surface area (Å²) >= 11 is 2.22. The minimum atomic E-state index is -7.11. The topological polar surface area (TPSA) is 60.2 Å². The van der Waals surface area contributed by atoms with Crippen molar-refractivity contribution in [2.24, 2.45) is 0 Å². The molecule has 27 heavy (non-hydrogen) atoms. The molecule has 0 saturated heterocycles. The van der Waals surface area contributed by atoms with Crippen molar-refractivity contribution in [3.05, 3.63) is 22.2 Å². The fourth-order valence-electron chi connectivity index (χ4n) is 1.84. The van der Waals surface area contributed by atoms with E-state index in [0.717, 1.165) is 0 Å². The number of hydrogen-bond acceptors (Lipinski definition) is 3. The van der Waals surface area contributed by atoms with Gasteiger partial charge in [0.1, 0.15) is 0 Å². The van der Waals surface area contributed by atoms with Crippen LogP contribution in [0.5, 0.6) is 0 Å². The van der Waals surface area contributed by atoms with E-state index in [1.54, 1.807) is 0 Å². The molecular formula is C11H5BrF11NO2S. The summed E-state index contributed by atoms with van der Waals surface area (Å²) in [4.78, 5) is -1.97. The second kappa shape index (κ2) is 6.63. The van der Waals surface area contributed by atoms with E-state index in [2.05, 4.69) is 15.9 Å². The Morgan fingerprint density at radius 3 is 1.67 bits per heavy atom. The van der Waals surface area contributed by atoms with E-state index in [1.165, 1.54) is 0 Å². The first-order valence-electron chi connectivity index (χ1n) is 6.04. The van der Waals surface area contributed by atoms with Gasteiger partial charge in [-0.25, -0.2) is 12.8 Å². The van der Waals surface area contributed by atoms with Crippen LogP contribution in [-0.4, -0.2) is 32.5 Å². The smallest absolute Gasteiger partial charge is 0.397 e. The predicted octanol–water partition coefficient (Wildman–Crippen LogP) is 4.95. The highest BCUT2D eigenvalue weighted by Gasteiger charge is 2.81. The van der Waals surface area contributed by atoms with Crippen molar-refractivity contribution >= 4 is 31.5 Å². The Balaban J connectivity index is 4.02. The number of benzene rings is 1. The molecule has 0 fully saturated rings. The molecule has 0 heterocycles. The summed E-state index contributed by atoms with van der Waals surface area (Å²) in [5.41, 5.74) is -5.31. The molecule has 1 atom stereocenters. The van der Waals surface area contributed by atoms with Gasteiger partial charge in [-0.05, 0) is 28.1 Å². The molecule has 3 nitrogen and oxygen atoms in total. The second-order valence-electron chi connectivity index (χ2n) is 4.90. The Kier molecular flexibility index (Phi) is 5.83. The first kappa shape index (κ1) is 23.7. The monoisotopic (exact) mass is 503 g/mol. The van der Waals surface area contributed by atoms with Gasteiger partial charge in [0.2, 0.25) is 9.84 Å². The lowest BCUT2D eigenvalue weighted by atomic mass is 9.87. The Labute approximate surface area is 151 Å². The normalized spacial score (nSPS) is 16.5. The van der Waals surface area contributed by atoms with Crippen molar-refractivity contribution in [3.63, 3.8) is 0 Å².